The van der Waals surface area contributed by atoms with Gasteiger partial charge >= 0.3 is 0 Å². The largest absolute Gasteiger partial charge is 0.309 e. The van der Waals surface area contributed by atoms with Crippen molar-refractivity contribution in [2.24, 2.45) is 0 Å². The molecule has 43 heavy (non-hydrogen) atoms. The van der Waals surface area contributed by atoms with Crippen LogP contribution in [0.15, 0.2) is 146 Å². The molecule has 0 saturated heterocycles. The van der Waals surface area contributed by atoms with Gasteiger partial charge in [0.2, 0.25) is 0 Å². The van der Waals surface area contributed by atoms with Crippen LogP contribution < -0.4 is 0 Å². The molecule has 4 aromatic heterocycles. The summed E-state index contributed by atoms with van der Waals surface area (Å²) in [6.45, 7) is 0. The van der Waals surface area contributed by atoms with Crippen molar-refractivity contribution in [1.82, 2.24) is 18.5 Å². The van der Waals surface area contributed by atoms with Crippen molar-refractivity contribution in [3.8, 4) is 11.4 Å². The topological polar surface area (TPSA) is 27.2 Å². The third-order valence-electron chi connectivity index (χ3n) is 9.07. The average molecular weight is 549 g/mol. The normalized spacial score (nSPS) is 12.2. The molecule has 0 fully saturated rings. The summed E-state index contributed by atoms with van der Waals surface area (Å²) < 4.78 is 7.08. The van der Waals surface area contributed by atoms with Crippen LogP contribution in [0.2, 0.25) is 0 Å². The zero-order chi connectivity index (χ0) is 28.1. The molecule has 10 rings (SSSR count). The summed E-state index contributed by atoms with van der Waals surface area (Å²) in [5, 5.41) is 8.53. The monoisotopic (exact) mass is 548 g/mol. The number of fused-ring (bicyclic) bond motifs is 13. The highest BCUT2D eigenvalue weighted by Gasteiger charge is 2.21. The maximum absolute atomic E-state index is 4.99. The summed E-state index contributed by atoms with van der Waals surface area (Å²) in [4.78, 5) is 4.99. The summed E-state index contributed by atoms with van der Waals surface area (Å²) in [5.41, 5.74) is 9.22. The van der Waals surface area contributed by atoms with Crippen molar-refractivity contribution in [2.75, 3.05) is 0 Å². The molecular formula is C39H24N4. The number of nitrogens with zero attached hydrogens (tertiary/aromatic N) is 4. The zero-order valence-corrected chi connectivity index (χ0v) is 23.1. The number of para-hydroxylation sites is 4. The third-order valence-corrected chi connectivity index (χ3v) is 9.07. The first kappa shape index (κ1) is 22.8. The Labute approximate surface area is 246 Å². The van der Waals surface area contributed by atoms with Crippen LogP contribution in [0.5, 0.6) is 0 Å². The summed E-state index contributed by atoms with van der Waals surface area (Å²) in [6.07, 6.45) is 4.04. The van der Waals surface area contributed by atoms with Gasteiger partial charge < -0.3 is 9.13 Å². The molecule has 0 aliphatic heterocycles. The highest BCUT2D eigenvalue weighted by molar-refractivity contribution is 6.28. The quantitative estimate of drug-likeness (QED) is 0.198. The number of aromatic nitrogens is 4. The van der Waals surface area contributed by atoms with Crippen LogP contribution in [0.25, 0.3) is 82.3 Å². The lowest BCUT2D eigenvalue weighted by Crippen LogP contribution is -1.97. The molecule has 4 nitrogen and oxygen atoms in total. The Morgan fingerprint density at radius 1 is 0.419 bits per heavy atom. The van der Waals surface area contributed by atoms with Crippen molar-refractivity contribution in [2.45, 2.75) is 0 Å². The number of hydrogen-bond acceptors (Lipinski definition) is 1. The van der Waals surface area contributed by atoms with E-state index < -0.39 is 0 Å². The molecule has 4 heteroatoms. The van der Waals surface area contributed by atoms with E-state index in [1.807, 2.05) is 6.20 Å². The Morgan fingerprint density at radius 3 is 1.72 bits per heavy atom. The standard InChI is InChI=1S/C39H24N4/c1-3-11-25(12-4-1)42-33-17-9-8-16-28(33)31-23-35-32(24-36(31)42)29-19-20-30-27-15-7-10-18-34(27)43(26-13-5-2-6-14-26)38(30)37(29)39-40-21-22-41(35)39/h1-24H. The molecule has 0 aliphatic rings. The maximum atomic E-state index is 4.99. The van der Waals surface area contributed by atoms with Crippen molar-refractivity contribution in [3.63, 3.8) is 0 Å². The minimum Gasteiger partial charge on any atom is -0.309 e. The molecule has 0 unspecified atom stereocenters. The number of pyridine rings is 1. The first-order chi connectivity index (χ1) is 21.4. The molecule has 4 heterocycles. The van der Waals surface area contributed by atoms with Crippen LogP contribution >= 0.6 is 0 Å². The second kappa shape index (κ2) is 8.34. The number of benzene rings is 6. The summed E-state index contributed by atoms with van der Waals surface area (Å²) in [6, 6.07) is 48.1. The smallest absolute Gasteiger partial charge is 0.147 e. The minimum absolute atomic E-state index is 0.972. The molecule has 0 saturated carbocycles. The molecule has 10 aromatic rings. The second-order valence-corrected chi connectivity index (χ2v) is 11.3. The molecule has 200 valence electrons. The van der Waals surface area contributed by atoms with Crippen molar-refractivity contribution < 1.29 is 0 Å². The molecule has 0 radical (unpaired) electrons. The Balaban J connectivity index is 1.46. The number of imidazole rings is 1. The highest BCUT2D eigenvalue weighted by Crippen LogP contribution is 2.42. The molecular weight excluding hydrogens is 524 g/mol. The van der Waals surface area contributed by atoms with Crippen LogP contribution in [-0.4, -0.2) is 18.5 Å². The van der Waals surface area contributed by atoms with Gasteiger partial charge in [-0.2, -0.15) is 0 Å². The Kier molecular flexibility index (Phi) is 4.42. The third kappa shape index (κ3) is 2.97. The number of rotatable bonds is 2. The fourth-order valence-corrected chi connectivity index (χ4v) is 7.31. The van der Waals surface area contributed by atoms with E-state index in [2.05, 4.69) is 153 Å². The van der Waals surface area contributed by atoms with Crippen LogP contribution in [0, 0.1) is 0 Å². The van der Waals surface area contributed by atoms with Crippen molar-refractivity contribution in [1.29, 1.82) is 0 Å². The number of hydrogen-bond donors (Lipinski definition) is 0. The van der Waals surface area contributed by atoms with Crippen molar-refractivity contribution >= 4 is 70.9 Å². The van der Waals surface area contributed by atoms with Gasteiger partial charge in [-0.05, 0) is 53.9 Å². The van der Waals surface area contributed by atoms with E-state index in [-0.39, 0.29) is 0 Å². The molecule has 0 atom stereocenters. The first-order valence-electron chi connectivity index (χ1n) is 14.7. The predicted molar refractivity (Wildman–Crippen MR) is 179 cm³/mol. The van der Waals surface area contributed by atoms with E-state index in [9.17, 15) is 0 Å². The van der Waals surface area contributed by atoms with Gasteiger partial charge in [0.1, 0.15) is 5.65 Å². The Hall–Kier alpha value is -5.87. The molecule has 0 aliphatic carbocycles. The Morgan fingerprint density at radius 2 is 0.977 bits per heavy atom. The molecule has 6 aromatic carbocycles. The van der Waals surface area contributed by atoms with Crippen LogP contribution in [0.1, 0.15) is 0 Å². The van der Waals surface area contributed by atoms with E-state index in [4.69, 9.17) is 4.98 Å². The summed E-state index contributed by atoms with van der Waals surface area (Å²) >= 11 is 0. The van der Waals surface area contributed by atoms with E-state index in [1.54, 1.807) is 0 Å². The SMILES string of the molecule is c1ccc(-n2c3ccccc3c3cc4c(cc32)c2ccc3c5ccccc5n(-c5ccccc5)c3c2c2nccn42)cc1. The van der Waals surface area contributed by atoms with Crippen molar-refractivity contribution in [3.05, 3.63) is 146 Å². The lowest BCUT2D eigenvalue weighted by atomic mass is 10.0. The molecule has 0 N–H and O–H groups in total. The fourth-order valence-electron chi connectivity index (χ4n) is 7.31. The van der Waals surface area contributed by atoms with Gasteiger partial charge in [0.15, 0.2) is 0 Å². The van der Waals surface area contributed by atoms with Crippen LogP contribution in [-0.2, 0) is 0 Å². The van der Waals surface area contributed by atoms with Gasteiger partial charge in [0.05, 0.1) is 33.0 Å². The minimum atomic E-state index is 0.972. The lowest BCUT2D eigenvalue weighted by molar-refractivity contribution is 1.18. The Bertz CT molecular complexity index is 2700. The van der Waals surface area contributed by atoms with Gasteiger partial charge in [0.25, 0.3) is 0 Å². The van der Waals surface area contributed by atoms with E-state index in [0.29, 0.717) is 0 Å². The van der Waals surface area contributed by atoms with Crippen LogP contribution in [0.3, 0.4) is 0 Å². The van der Waals surface area contributed by atoms with Gasteiger partial charge in [-0.3, -0.25) is 4.40 Å². The second-order valence-electron chi connectivity index (χ2n) is 11.3. The molecule has 0 bridgehead atoms. The molecule has 0 spiro atoms. The summed E-state index contributed by atoms with van der Waals surface area (Å²) in [5.74, 6) is 0. The van der Waals surface area contributed by atoms with Gasteiger partial charge in [-0.25, -0.2) is 4.98 Å². The molecule has 0 amide bonds. The highest BCUT2D eigenvalue weighted by atomic mass is 15.0. The summed E-state index contributed by atoms with van der Waals surface area (Å²) in [7, 11) is 0. The van der Waals surface area contributed by atoms with Crippen LogP contribution in [0.4, 0.5) is 0 Å². The zero-order valence-electron chi connectivity index (χ0n) is 23.1. The van der Waals surface area contributed by atoms with E-state index in [0.717, 1.165) is 27.9 Å². The van der Waals surface area contributed by atoms with Gasteiger partial charge in [0, 0.05) is 50.7 Å². The average Bonchev–Trinajstić information content (AvgIpc) is 3.77. The first-order valence-corrected chi connectivity index (χ1v) is 14.7. The predicted octanol–water partition coefficient (Wildman–Crippen LogP) is 9.83. The van der Waals surface area contributed by atoms with Gasteiger partial charge in [-0.15, -0.1) is 0 Å². The van der Waals surface area contributed by atoms with E-state index in [1.165, 1.54) is 54.4 Å². The van der Waals surface area contributed by atoms with Gasteiger partial charge in [-0.1, -0.05) is 84.9 Å². The fraction of sp³-hybridized carbons (Fsp3) is 0. The van der Waals surface area contributed by atoms with E-state index >= 15 is 0 Å². The maximum Gasteiger partial charge on any atom is 0.147 e. The lowest BCUT2D eigenvalue weighted by Gasteiger charge is -2.14.